The standard InChI is InChI=1S/C27H26N2O3/c1-31-22-13-10-20(11-14-22)21-12-15-25-23(18-21)28-27(32-25)24-8-5-17-29(24)26(30)16-9-19-6-3-2-4-7-19/h2-4,6-7,10-15,18,24H,5,8-9,16-17H2,1H3. The molecule has 32 heavy (non-hydrogen) atoms. The zero-order valence-corrected chi connectivity index (χ0v) is 18.2. The van der Waals surface area contributed by atoms with Crippen LogP contribution in [0.25, 0.3) is 22.2 Å². The van der Waals surface area contributed by atoms with Gasteiger partial charge in [0.1, 0.15) is 17.3 Å². The lowest BCUT2D eigenvalue weighted by Gasteiger charge is -2.22. The molecule has 162 valence electrons. The van der Waals surface area contributed by atoms with E-state index in [9.17, 15) is 4.79 Å². The van der Waals surface area contributed by atoms with Gasteiger partial charge >= 0.3 is 0 Å². The van der Waals surface area contributed by atoms with E-state index in [1.54, 1.807) is 7.11 Å². The highest BCUT2D eigenvalue weighted by Gasteiger charge is 2.33. The molecule has 1 amide bonds. The molecule has 0 radical (unpaired) electrons. The fourth-order valence-corrected chi connectivity index (χ4v) is 4.41. The number of hydrogen-bond acceptors (Lipinski definition) is 4. The first kappa shape index (κ1) is 20.3. The maximum Gasteiger partial charge on any atom is 0.223 e. The van der Waals surface area contributed by atoms with Crippen molar-refractivity contribution in [1.82, 2.24) is 9.88 Å². The second-order valence-electron chi connectivity index (χ2n) is 8.19. The Kier molecular flexibility index (Phi) is 5.63. The zero-order valence-electron chi connectivity index (χ0n) is 18.2. The number of aromatic nitrogens is 1. The van der Waals surface area contributed by atoms with Crippen LogP contribution in [0.5, 0.6) is 5.75 Å². The van der Waals surface area contributed by atoms with Gasteiger partial charge in [0, 0.05) is 13.0 Å². The maximum atomic E-state index is 13.0. The van der Waals surface area contributed by atoms with E-state index in [0.29, 0.717) is 12.3 Å². The summed E-state index contributed by atoms with van der Waals surface area (Å²) in [5.41, 5.74) is 4.92. The van der Waals surface area contributed by atoms with Crippen LogP contribution in [-0.4, -0.2) is 29.4 Å². The molecular formula is C27H26N2O3. The number of ether oxygens (including phenoxy) is 1. The van der Waals surface area contributed by atoms with Crippen LogP contribution >= 0.6 is 0 Å². The van der Waals surface area contributed by atoms with Crippen molar-refractivity contribution in [2.75, 3.05) is 13.7 Å². The summed E-state index contributed by atoms with van der Waals surface area (Å²) in [4.78, 5) is 19.7. The summed E-state index contributed by atoms with van der Waals surface area (Å²) in [5.74, 6) is 1.63. The first-order valence-corrected chi connectivity index (χ1v) is 11.1. The summed E-state index contributed by atoms with van der Waals surface area (Å²) in [6.45, 7) is 0.758. The number of oxazole rings is 1. The predicted octanol–water partition coefficient (Wildman–Crippen LogP) is 5.80. The molecule has 0 N–H and O–H groups in total. The van der Waals surface area contributed by atoms with Crippen LogP contribution in [0.1, 0.15) is 36.8 Å². The van der Waals surface area contributed by atoms with Crippen LogP contribution in [0.15, 0.2) is 77.2 Å². The topological polar surface area (TPSA) is 55.6 Å². The average molecular weight is 427 g/mol. The highest BCUT2D eigenvalue weighted by molar-refractivity contribution is 5.81. The summed E-state index contributed by atoms with van der Waals surface area (Å²) in [7, 11) is 1.66. The van der Waals surface area contributed by atoms with Crippen molar-refractivity contribution in [3.8, 4) is 16.9 Å². The van der Waals surface area contributed by atoms with Crippen molar-refractivity contribution in [1.29, 1.82) is 0 Å². The summed E-state index contributed by atoms with van der Waals surface area (Å²) in [6.07, 6.45) is 3.11. The number of rotatable bonds is 6. The van der Waals surface area contributed by atoms with Gasteiger partial charge in [0.2, 0.25) is 11.8 Å². The number of likely N-dealkylation sites (tertiary alicyclic amines) is 1. The van der Waals surface area contributed by atoms with Gasteiger partial charge in [0.15, 0.2) is 5.58 Å². The van der Waals surface area contributed by atoms with Crippen LogP contribution < -0.4 is 4.74 Å². The van der Waals surface area contributed by atoms with Crippen molar-refractivity contribution < 1.29 is 13.9 Å². The molecule has 2 heterocycles. The largest absolute Gasteiger partial charge is 0.497 e. The fourth-order valence-electron chi connectivity index (χ4n) is 4.41. The van der Waals surface area contributed by atoms with Gasteiger partial charge in [0.05, 0.1) is 7.11 Å². The first-order valence-electron chi connectivity index (χ1n) is 11.1. The van der Waals surface area contributed by atoms with E-state index >= 15 is 0 Å². The fraction of sp³-hybridized carbons (Fsp3) is 0.259. The van der Waals surface area contributed by atoms with Crippen molar-refractivity contribution >= 4 is 17.0 Å². The van der Waals surface area contributed by atoms with Crippen molar-refractivity contribution in [3.05, 3.63) is 84.3 Å². The summed E-state index contributed by atoms with van der Waals surface area (Å²) >= 11 is 0. The van der Waals surface area contributed by atoms with E-state index in [4.69, 9.17) is 14.1 Å². The molecule has 1 aromatic heterocycles. The molecule has 1 aliphatic rings. The van der Waals surface area contributed by atoms with Gasteiger partial charge in [-0.2, -0.15) is 0 Å². The summed E-state index contributed by atoms with van der Waals surface area (Å²) in [6, 6.07) is 24.1. The average Bonchev–Trinajstić information content (AvgIpc) is 3.50. The number of benzene rings is 3. The molecule has 0 bridgehead atoms. The Morgan fingerprint density at radius 1 is 1.06 bits per heavy atom. The van der Waals surface area contributed by atoms with E-state index in [0.717, 1.165) is 53.8 Å². The Bertz CT molecular complexity index is 1210. The quantitative estimate of drug-likeness (QED) is 0.391. The molecular weight excluding hydrogens is 400 g/mol. The molecule has 0 spiro atoms. The monoisotopic (exact) mass is 426 g/mol. The second-order valence-corrected chi connectivity index (χ2v) is 8.19. The molecule has 3 aromatic carbocycles. The lowest BCUT2D eigenvalue weighted by atomic mass is 10.1. The minimum Gasteiger partial charge on any atom is -0.497 e. The lowest BCUT2D eigenvalue weighted by molar-refractivity contribution is -0.132. The second kappa shape index (κ2) is 8.87. The Morgan fingerprint density at radius 2 is 1.84 bits per heavy atom. The molecule has 0 aliphatic carbocycles. The highest BCUT2D eigenvalue weighted by atomic mass is 16.5. The van der Waals surface area contributed by atoms with Crippen LogP contribution in [0.3, 0.4) is 0 Å². The van der Waals surface area contributed by atoms with Gasteiger partial charge in [0.25, 0.3) is 0 Å². The van der Waals surface area contributed by atoms with E-state index in [1.165, 1.54) is 5.56 Å². The Hall–Kier alpha value is -3.60. The van der Waals surface area contributed by atoms with Gasteiger partial charge < -0.3 is 14.1 Å². The lowest BCUT2D eigenvalue weighted by Crippen LogP contribution is -2.30. The molecule has 5 rings (SSSR count). The third kappa shape index (κ3) is 4.11. The number of nitrogens with zero attached hydrogens (tertiary/aromatic N) is 2. The van der Waals surface area contributed by atoms with E-state index in [-0.39, 0.29) is 11.9 Å². The van der Waals surface area contributed by atoms with Gasteiger partial charge in [-0.15, -0.1) is 0 Å². The number of carbonyl (C=O) groups excluding carboxylic acids is 1. The van der Waals surface area contributed by atoms with Crippen LogP contribution in [0.4, 0.5) is 0 Å². The van der Waals surface area contributed by atoms with Crippen molar-refractivity contribution in [2.45, 2.75) is 31.7 Å². The molecule has 1 unspecified atom stereocenters. The number of aryl methyl sites for hydroxylation is 1. The normalized spacial score (nSPS) is 15.9. The molecule has 0 saturated carbocycles. The minimum absolute atomic E-state index is 0.0879. The third-order valence-electron chi connectivity index (χ3n) is 6.16. The smallest absolute Gasteiger partial charge is 0.223 e. The van der Waals surface area contributed by atoms with Gasteiger partial charge in [-0.1, -0.05) is 48.5 Å². The van der Waals surface area contributed by atoms with Crippen molar-refractivity contribution in [2.24, 2.45) is 0 Å². The molecule has 1 saturated heterocycles. The number of hydrogen-bond donors (Lipinski definition) is 0. The molecule has 1 atom stereocenters. The van der Waals surface area contributed by atoms with Crippen LogP contribution in [-0.2, 0) is 11.2 Å². The minimum atomic E-state index is -0.0879. The van der Waals surface area contributed by atoms with Gasteiger partial charge in [-0.05, 0) is 60.2 Å². The zero-order chi connectivity index (χ0) is 21.9. The molecule has 5 heteroatoms. The molecule has 5 nitrogen and oxygen atoms in total. The number of carbonyl (C=O) groups is 1. The van der Waals surface area contributed by atoms with Gasteiger partial charge in [-0.25, -0.2) is 4.98 Å². The number of fused-ring (bicyclic) bond motifs is 1. The summed E-state index contributed by atoms with van der Waals surface area (Å²) in [5, 5.41) is 0. The SMILES string of the molecule is COc1ccc(-c2ccc3oc(C4CCCN4C(=O)CCc4ccccc4)nc3c2)cc1. The summed E-state index contributed by atoms with van der Waals surface area (Å²) < 4.78 is 11.3. The molecule has 1 fully saturated rings. The Labute approximate surface area is 187 Å². The third-order valence-corrected chi connectivity index (χ3v) is 6.16. The molecule has 1 aliphatic heterocycles. The van der Waals surface area contributed by atoms with Crippen LogP contribution in [0, 0.1) is 0 Å². The first-order chi connectivity index (χ1) is 15.7. The van der Waals surface area contributed by atoms with E-state index < -0.39 is 0 Å². The highest BCUT2D eigenvalue weighted by Crippen LogP contribution is 2.35. The van der Waals surface area contributed by atoms with Crippen LogP contribution in [0.2, 0.25) is 0 Å². The van der Waals surface area contributed by atoms with E-state index in [1.807, 2.05) is 65.6 Å². The van der Waals surface area contributed by atoms with Crippen molar-refractivity contribution in [3.63, 3.8) is 0 Å². The number of amides is 1. The Balaban J connectivity index is 1.34. The maximum absolute atomic E-state index is 13.0. The molecule has 4 aromatic rings. The van der Waals surface area contributed by atoms with E-state index in [2.05, 4.69) is 12.1 Å². The van der Waals surface area contributed by atoms with Gasteiger partial charge in [-0.3, -0.25) is 4.79 Å². The predicted molar refractivity (Wildman–Crippen MR) is 124 cm³/mol. The number of methoxy groups -OCH3 is 1. The Morgan fingerprint density at radius 3 is 2.62 bits per heavy atom.